The van der Waals surface area contributed by atoms with Gasteiger partial charge in [0.2, 0.25) is 0 Å². The van der Waals surface area contributed by atoms with Gasteiger partial charge in [-0.25, -0.2) is 4.79 Å². The molecule has 0 bridgehead atoms. The van der Waals surface area contributed by atoms with Crippen LogP contribution in [0.4, 0.5) is 0 Å². The van der Waals surface area contributed by atoms with Gasteiger partial charge in [0.05, 0.1) is 24.4 Å². The number of aromatic nitrogens is 1. The molecule has 7 nitrogen and oxygen atoms in total. The lowest BCUT2D eigenvalue weighted by Crippen LogP contribution is -2.16. The summed E-state index contributed by atoms with van der Waals surface area (Å²) in [5.74, 6) is -0.532. The summed E-state index contributed by atoms with van der Waals surface area (Å²) in [6, 6.07) is 4.04. The summed E-state index contributed by atoms with van der Waals surface area (Å²) in [4.78, 5) is 26.2. The number of hydrogen-bond donors (Lipinski definition) is 2. The maximum absolute atomic E-state index is 12.0. The smallest absolute Gasteiger partial charge is 0.343 e. The van der Waals surface area contributed by atoms with Crippen molar-refractivity contribution in [1.82, 2.24) is 4.98 Å². The standard InChI is InChI=1S/C17H18ClNO6/c1-23-4-3-5-25-16-8-15(21)10(6-12(16)18)13-7-14(20)11(9-19-13)17(22)24-2/h6-9,21H,3-5H2,1-2H3,(H,19,20). The zero-order valence-electron chi connectivity index (χ0n) is 13.8. The number of aromatic amines is 1. The Kier molecular flexibility index (Phi) is 6.44. The van der Waals surface area contributed by atoms with E-state index in [9.17, 15) is 14.7 Å². The fourth-order valence-corrected chi connectivity index (χ4v) is 2.37. The van der Waals surface area contributed by atoms with Crippen molar-refractivity contribution in [3.8, 4) is 22.8 Å². The molecule has 1 heterocycles. The lowest BCUT2D eigenvalue weighted by Gasteiger charge is -2.12. The third kappa shape index (κ3) is 4.52. The number of ether oxygens (including phenoxy) is 3. The van der Waals surface area contributed by atoms with Crippen molar-refractivity contribution >= 4 is 17.6 Å². The number of hydrogen-bond acceptors (Lipinski definition) is 6. The van der Waals surface area contributed by atoms with E-state index in [1.807, 2.05) is 0 Å². The second-order valence-corrected chi connectivity index (χ2v) is 5.52. The van der Waals surface area contributed by atoms with Crippen molar-refractivity contribution in [3.05, 3.63) is 45.2 Å². The zero-order valence-corrected chi connectivity index (χ0v) is 14.6. The molecule has 25 heavy (non-hydrogen) atoms. The van der Waals surface area contributed by atoms with Gasteiger partial charge in [-0.2, -0.15) is 0 Å². The highest BCUT2D eigenvalue weighted by Crippen LogP contribution is 2.37. The van der Waals surface area contributed by atoms with Crippen molar-refractivity contribution in [3.63, 3.8) is 0 Å². The minimum absolute atomic E-state index is 0.118. The summed E-state index contributed by atoms with van der Waals surface area (Å²) in [5.41, 5.74) is -0.0447. The van der Waals surface area contributed by atoms with E-state index in [1.54, 1.807) is 7.11 Å². The predicted octanol–water partition coefficient (Wildman–Crippen LogP) is 2.60. The number of nitrogens with one attached hydrogen (secondary N) is 1. The number of phenols is 1. The molecule has 0 saturated carbocycles. The first-order valence-electron chi connectivity index (χ1n) is 7.43. The molecule has 0 unspecified atom stereocenters. The fraction of sp³-hybridized carbons (Fsp3) is 0.294. The molecule has 1 aromatic heterocycles. The molecule has 8 heteroatoms. The molecule has 0 aliphatic rings. The number of H-pyrrole nitrogens is 1. The normalized spacial score (nSPS) is 10.5. The highest BCUT2D eigenvalue weighted by Gasteiger charge is 2.15. The van der Waals surface area contributed by atoms with Crippen molar-refractivity contribution in [1.29, 1.82) is 0 Å². The van der Waals surface area contributed by atoms with Crippen LogP contribution >= 0.6 is 11.6 Å². The van der Waals surface area contributed by atoms with E-state index in [2.05, 4.69) is 9.72 Å². The molecule has 2 N–H and O–H groups in total. The van der Waals surface area contributed by atoms with Gasteiger partial charge in [0, 0.05) is 44.0 Å². The van der Waals surface area contributed by atoms with Crippen LogP contribution in [0.3, 0.4) is 0 Å². The maximum atomic E-state index is 12.0. The van der Waals surface area contributed by atoms with Crippen LogP contribution in [-0.4, -0.2) is 43.5 Å². The minimum atomic E-state index is -0.741. The Labute approximate surface area is 149 Å². The highest BCUT2D eigenvalue weighted by molar-refractivity contribution is 6.32. The van der Waals surface area contributed by atoms with Gasteiger partial charge in [0.1, 0.15) is 17.1 Å². The van der Waals surface area contributed by atoms with Gasteiger partial charge in [0.15, 0.2) is 5.43 Å². The van der Waals surface area contributed by atoms with Crippen molar-refractivity contribution in [2.75, 3.05) is 27.4 Å². The van der Waals surface area contributed by atoms with Crippen molar-refractivity contribution in [2.24, 2.45) is 0 Å². The molecule has 0 fully saturated rings. The molecule has 0 amide bonds. The average molecular weight is 368 g/mol. The van der Waals surface area contributed by atoms with Crippen LogP contribution < -0.4 is 10.2 Å². The predicted molar refractivity (Wildman–Crippen MR) is 92.5 cm³/mol. The molecule has 2 aromatic rings. The summed E-state index contributed by atoms with van der Waals surface area (Å²) < 4.78 is 14.9. The summed E-state index contributed by atoms with van der Waals surface area (Å²) in [5, 5.41) is 10.5. The van der Waals surface area contributed by atoms with Crippen molar-refractivity contribution < 1.29 is 24.1 Å². The molecule has 2 rings (SSSR count). The molecular weight excluding hydrogens is 350 g/mol. The van der Waals surface area contributed by atoms with Crippen LogP contribution in [0.5, 0.6) is 11.5 Å². The first-order chi connectivity index (χ1) is 12.0. The third-order valence-corrected chi connectivity index (χ3v) is 3.70. The van der Waals surface area contributed by atoms with Crippen LogP contribution in [0.25, 0.3) is 11.3 Å². The monoisotopic (exact) mass is 367 g/mol. The number of methoxy groups -OCH3 is 2. The summed E-state index contributed by atoms with van der Waals surface area (Å²) in [7, 11) is 2.78. The number of benzene rings is 1. The van der Waals surface area contributed by atoms with Crippen LogP contribution in [0.1, 0.15) is 16.8 Å². The quantitative estimate of drug-likeness (QED) is 0.576. The Morgan fingerprint density at radius 1 is 1.24 bits per heavy atom. The molecule has 0 radical (unpaired) electrons. The van der Waals surface area contributed by atoms with Crippen LogP contribution in [0.15, 0.2) is 29.2 Å². The van der Waals surface area contributed by atoms with Gasteiger partial charge < -0.3 is 24.3 Å². The van der Waals surface area contributed by atoms with E-state index in [0.717, 1.165) is 0 Å². The Morgan fingerprint density at radius 3 is 2.64 bits per heavy atom. The van der Waals surface area contributed by atoms with E-state index in [0.29, 0.717) is 36.6 Å². The van der Waals surface area contributed by atoms with E-state index < -0.39 is 11.4 Å². The SMILES string of the molecule is COCCCOc1cc(O)c(-c2cc(=O)c(C(=O)OC)c[nH]2)cc1Cl. The molecule has 0 aliphatic heterocycles. The number of rotatable bonds is 7. The van der Waals surface area contributed by atoms with E-state index in [-0.39, 0.29) is 16.3 Å². The maximum Gasteiger partial charge on any atom is 0.343 e. The molecule has 134 valence electrons. The number of carbonyl (C=O) groups is 1. The number of phenolic OH excluding ortho intramolecular Hbond substituents is 1. The van der Waals surface area contributed by atoms with Crippen molar-refractivity contribution in [2.45, 2.75) is 6.42 Å². The average Bonchev–Trinajstić information content (AvgIpc) is 2.60. The van der Waals surface area contributed by atoms with E-state index >= 15 is 0 Å². The molecule has 1 aromatic carbocycles. The summed E-state index contributed by atoms with van der Waals surface area (Å²) >= 11 is 6.17. The van der Waals surface area contributed by atoms with Gasteiger partial charge in [-0.05, 0) is 6.07 Å². The van der Waals surface area contributed by atoms with Gasteiger partial charge in [0.25, 0.3) is 0 Å². The van der Waals surface area contributed by atoms with Crippen LogP contribution in [0, 0.1) is 0 Å². The van der Waals surface area contributed by atoms with Gasteiger partial charge in [-0.1, -0.05) is 11.6 Å². The number of halogens is 1. The first-order valence-corrected chi connectivity index (χ1v) is 7.81. The second-order valence-electron chi connectivity index (χ2n) is 5.11. The molecular formula is C17H18ClNO6. The molecule has 0 spiro atoms. The summed E-state index contributed by atoms with van der Waals surface area (Å²) in [6.45, 7) is 0.937. The summed E-state index contributed by atoms with van der Waals surface area (Å²) in [6.07, 6.45) is 1.91. The van der Waals surface area contributed by atoms with E-state index in [4.69, 9.17) is 21.1 Å². The molecule has 0 aliphatic carbocycles. The Morgan fingerprint density at radius 2 is 2.00 bits per heavy atom. The highest BCUT2D eigenvalue weighted by atomic mass is 35.5. The molecule has 0 saturated heterocycles. The Bertz CT molecular complexity index is 817. The third-order valence-electron chi connectivity index (χ3n) is 3.41. The first kappa shape index (κ1) is 18.8. The zero-order chi connectivity index (χ0) is 18.4. The van der Waals surface area contributed by atoms with Crippen LogP contribution in [-0.2, 0) is 9.47 Å². The Hall–Kier alpha value is -2.51. The lowest BCUT2D eigenvalue weighted by atomic mass is 10.1. The second kappa shape index (κ2) is 8.55. The number of aromatic hydroxyl groups is 1. The fourth-order valence-electron chi connectivity index (χ4n) is 2.15. The number of esters is 1. The Balaban J connectivity index is 2.28. The topological polar surface area (TPSA) is 97.8 Å². The number of pyridine rings is 1. The van der Waals surface area contributed by atoms with Gasteiger partial charge in [-0.3, -0.25) is 4.79 Å². The largest absolute Gasteiger partial charge is 0.507 e. The van der Waals surface area contributed by atoms with Gasteiger partial charge in [-0.15, -0.1) is 0 Å². The van der Waals surface area contributed by atoms with E-state index in [1.165, 1.54) is 31.5 Å². The molecule has 0 atom stereocenters. The van der Waals surface area contributed by atoms with Crippen LogP contribution in [0.2, 0.25) is 5.02 Å². The minimum Gasteiger partial charge on any atom is -0.507 e. The lowest BCUT2D eigenvalue weighted by molar-refractivity contribution is 0.0599. The van der Waals surface area contributed by atoms with Gasteiger partial charge >= 0.3 is 5.97 Å². The number of carbonyl (C=O) groups excluding carboxylic acids is 1.